The van der Waals surface area contributed by atoms with Gasteiger partial charge in [-0.3, -0.25) is 9.67 Å². The highest BCUT2D eigenvalue weighted by molar-refractivity contribution is 7.91. The molecule has 1 aromatic carbocycles. The fraction of sp³-hybridized carbons (Fsp3) is 0.429. The van der Waals surface area contributed by atoms with E-state index < -0.39 is 9.84 Å². The van der Waals surface area contributed by atoms with Gasteiger partial charge in [0.25, 0.3) is 0 Å². The van der Waals surface area contributed by atoms with Gasteiger partial charge in [-0.2, -0.15) is 5.10 Å². The number of aryl methyl sites for hydroxylation is 2. The lowest BCUT2D eigenvalue weighted by molar-refractivity contribution is 0.466. The van der Waals surface area contributed by atoms with Gasteiger partial charge in [0.2, 0.25) is 0 Å². The van der Waals surface area contributed by atoms with E-state index in [0.717, 1.165) is 54.6 Å². The van der Waals surface area contributed by atoms with Crippen molar-refractivity contribution in [3.63, 3.8) is 0 Å². The summed E-state index contributed by atoms with van der Waals surface area (Å²) in [6, 6.07) is 12.4. The Kier molecular flexibility index (Phi) is 4.44. The molecule has 2 aromatic heterocycles. The number of aromatic nitrogens is 3. The van der Waals surface area contributed by atoms with Gasteiger partial charge in [-0.15, -0.1) is 0 Å². The zero-order chi connectivity index (χ0) is 19.1. The quantitative estimate of drug-likeness (QED) is 0.732. The zero-order valence-corrected chi connectivity index (χ0v) is 16.6. The molecule has 3 aromatic rings. The van der Waals surface area contributed by atoms with Crippen LogP contribution in [-0.4, -0.2) is 41.2 Å². The predicted molar refractivity (Wildman–Crippen MR) is 109 cm³/mol. The van der Waals surface area contributed by atoms with Crippen molar-refractivity contribution in [2.24, 2.45) is 0 Å². The standard InChI is InChI=1S/C21H24N4O2S/c26-28(27)12-10-17(14-28)25-21-9-11-22-13-18(21)20(24-25)8-7-16-6-5-15-3-1-2-4-19(15)23-16/h1-6,17,22H,7-14H2. The number of rotatable bonds is 4. The van der Waals surface area contributed by atoms with Crippen LogP contribution in [0.5, 0.6) is 0 Å². The third kappa shape index (κ3) is 3.33. The first-order valence-corrected chi connectivity index (χ1v) is 11.8. The first kappa shape index (κ1) is 17.8. The molecule has 5 rings (SSSR count). The fourth-order valence-corrected chi connectivity index (χ4v) is 6.10. The van der Waals surface area contributed by atoms with Gasteiger partial charge in [0.1, 0.15) is 0 Å². The van der Waals surface area contributed by atoms with Crippen LogP contribution in [0.3, 0.4) is 0 Å². The Morgan fingerprint density at radius 1 is 1.14 bits per heavy atom. The molecule has 1 saturated heterocycles. The summed E-state index contributed by atoms with van der Waals surface area (Å²) in [6.45, 7) is 1.74. The highest BCUT2D eigenvalue weighted by Crippen LogP contribution is 2.29. The monoisotopic (exact) mass is 396 g/mol. The fourth-order valence-electron chi connectivity index (χ4n) is 4.41. The third-order valence-electron chi connectivity index (χ3n) is 5.87. The molecule has 1 atom stereocenters. The van der Waals surface area contributed by atoms with Crippen LogP contribution in [0.25, 0.3) is 10.9 Å². The van der Waals surface area contributed by atoms with Gasteiger partial charge in [0.15, 0.2) is 9.84 Å². The number of sulfone groups is 1. The molecule has 1 N–H and O–H groups in total. The molecule has 0 saturated carbocycles. The van der Waals surface area contributed by atoms with E-state index in [1.165, 1.54) is 11.3 Å². The van der Waals surface area contributed by atoms with Gasteiger partial charge in [-0.25, -0.2) is 8.42 Å². The van der Waals surface area contributed by atoms with E-state index in [2.05, 4.69) is 23.5 Å². The molecular formula is C21H24N4O2S. The SMILES string of the molecule is O=S1(=O)CCC(n2nc(CCc3ccc4ccccc4n3)c3c2CCNC3)C1. The lowest BCUT2D eigenvalue weighted by Gasteiger charge is -2.18. The minimum absolute atomic E-state index is 0.00982. The van der Waals surface area contributed by atoms with Gasteiger partial charge >= 0.3 is 0 Å². The molecule has 4 heterocycles. The summed E-state index contributed by atoms with van der Waals surface area (Å²) >= 11 is 0. The topological polar surface area (TPSA) is 76.9 Å². The Labute approximate surface area is 164 Å². The van der Waals surface area contributed by atoms with E-state index in [1.54, 1.807) is 0 Å². The first-order chi connectivity index (χ1) is 13.6. The number of pyridine rings is 1. The van der Waals surface area contributed by atoms with Crippen LogP contribution in [0, 0.1) is 0 Å². The summed E-state index contributed by atoms with van der Waals surface area (Å²) in [5, 5.41) is 9.49. The molecule has 7 heteroatoms. The van der Waals surface area contributed by atoms with Crippen molar-refractivity contribution < 1.29 is 8.42 Å². The molecule has 28 heavy (non-hydrogen) atoms. The van der Waals surface area contributed by atoms with Crippen LogP contribution in [0.1, 0.15) is 35.1 Å². The Bertz CT molecular complexity index is 1140. The van der Waals surface area contributed by atoms with Crippen molar-refractivity contribution in [2.45, 2.75) is 38.3 Å². The second kappa shape index (κ2) is 6.97. The van der Waals surface area contributed by atoms with E-state index in [1.807, 2.05) is 22.9 Å². The van der Waals surface area contributed by atoms with Crippen molar-refractivity contribution in [2.75, 3.05) is 18.1 Å². The van der Waals surface area contributed by atoms with Crippen molar-refractivity contribution in [3.8, 4) is 0 Å². The van der Waals surface area contributed by atoms with E-state index in [0.29, 0.717) is 6.42 Å². The maximum atomic E-state index is 11.9. The molecular weight excluding hydrogens is 372 g/mol. The smallest absolute Gasteiger partial charge is 0.152 e. The van der Waals surface area contributed by atoms with Gasteiger partial charge in [0.05, 0.1) is 28.8 Å². The van der Waals surface area contributed by atoms with Crippen molar-refractivity contribution in [1.29, 1.82) is 0 Å². The van der Waals surface area contributed by atoms with Crippen molar-refractivity contribution in [3.05, 3.63) is 59.0 Å². The maximum absolute atomic E-state index is 11.9. The number of hydrogen-bond donors (Lipinski definition) is 1. The number of nitrogens with one attached hydrogen (secondary N) is 1. The number of hydrogen-bond acceptors (Lipinski definition) is 5. The first-order valence-electron chi connectivity index (χ1n) is 9.94. The molecule has 0 spiro atoms. The van der Waals surface area contributed by atoms with Crippen LogP contribution in [-0.2, 0) is 35.6 Å². The van der Waals surface area contributed by atoms with Gasteiger partial charge in [0, 0.05) is 41.8 Å². The number of benzene rings is 1. The molecule has 0 bridgehead atoms. The molecule has 0 amide bonds. The second-order valence-corrected chi connectivity index (χ2v) is 10.0. The highest BCUT2D eigenvalue weighted by atomic mass is 32.2. The summed E-state index contributed by atoms with van der Waals surface area (Å²) in [6.07, 6.45) is 3.24. The van der Waals surface area contributed by atoms with Crippen LogP contribution >= 0.6 is 0 Å². The number of nitrogens with zero attached hydrogens (tertiary/aromatic N) is 3. The predicted octanol–water partition coefficient (Wildman–Crippen LogP) is 2.22. The minimum atomic E-state index is -2.92. The Hall–Kier alpha value is -2.25. The summed E-state index contributed by atoms with van der Waals surface area (Å²) in [5.41, 5.74) is 5.65. The average Bonchev–Trinajstić information content (AvgIpc) is 3.26. The molecule has 1 fully saturated rings. The van der Waals surface area contributed by atoms with Crippen molar-refractivity contribution >= 4 is 20.7 Å². The lowest BCUT2D eigenvalue weighted by Crippen LogP contribution is -2.26. The summed E-state index contributed by atoms with van der Waals surface area (Å²) < 4.78 is 25.9. The number of para-hydroxylation sites is 1. The summed E-state index contributed by atoms with van der Waals surface area (Å²) in [7, 11) is -2.92. The molecule has 146 valence electrons. The van der Waals surface area contributed by atoms with Gasteiger partial charge in [-0.1, -0.05) is 24.3 Å². The average molecular weight is 397 g/mol. The maximum Gasteiger partial charge on any atom is 0.152 e. The van der Waals surface area contributed by atoms with Gasteiger partial charge in [-0.05, 0) is 31.4 Å². The van der Waals surface area contributed by atoms with E-state index in [9.17, 15) is 8.42 Å². The van der Waals surface area contributed by atoms with Gasteiger partial charge < -0.3 is 5.32 Å². The molecule has 6 nitrogen and oxygen atoms in total. The molecule has 0 radical (unpaired) electrons. The van der Waals surface area contributed by atoms with Crippen LogP contribution < -0.4 is 5.32 Å². The Morgan fingerprint density at radius 2 is 2.04 bits per heavy atom. The Balaban J connectivity index is 1.41. The van der Waals surface area contributed by atoms with Crippen LogP contribution in [0.4, 0.5) is 0 Å². The Morgan fingerprint density at radius 3 is 2.89 bits per heavy atom. The van der Waals surface area contributed by atoms with E-state index in [-0.39, 0.29) is 17.5 Å². The normalized spacial score (nSPS) is 21.1. The molecule has 0 aliphatic carbocycles. The van der Waals surface area contributed by atoms with E-state index >= 15 is 0 Å². The van der Waals surface area contributed by atoms with Crippen LogP contribution in [0.2, 0.25) is 0 Å². The zero-order valence-electron chi connectivity index (χ0n) is 15.8. The summed E-state index contributed by atoms with van der Waals surface area (Å²) in [4.78, 5) is 4.78. The van der Waals surface area contributed by atoms with Crippen LogP contribution in [0.15, 0.2) is 36.4 Å². The second-order valence-electron chi connectivity index (χ2n) is 7.80. The molecule has 2 aliphatic heterocycles. The van der Waals surface area contributed by atoms with Crippen molar-refractivity contribution in [1.82, 2.24) is 20.1 Å². The minimum Gasteiger partial charge on any atom is -0.312 e. The number of fused-ring (bicyclic) bond motifs is 2. The summed E-state index contributed by atoms with van der Waals surface area (Å²) in [5.74, 6) is 0.501. The highest BCUT2D eigenvalue weighted by Gasteiger charge is 2.33. The molecule has 2 aliphatic rings. The molecule has 1 unspecified atom stereocenters. The largest absolute Gasteiger partial charge is 0.312 e. The van der Waals surface area contributed by atoms with E-state index in [4.69, 9.17) is 10.1 Å². The third-order valence-corrected chi connectivity index (χ3v) is 7.62. The lowest BCUT2D eigenvalue weighted by atomic mass is 10.0.